The number of hydrogen-bond acceptors (Lipinski definition) is 4. The van der Waals surface area contributed by atoms with Crippen LogP contribution in [-0.2, 0) is 32.8 Å². The van der Waals surface area contributed by atoms with E-state index in [-0.39, 0.29) is 30.6 Å². The second-order valence-corrected chi connectivity index (χ2v) is 13.4. The Hall–Kier alpha value is -3.76. The van der Waals surface area contributed by atoms with Crippen molar-refractivity contribution in [3.8, 4) is 0 Å². The van der Waals surface area contributed by atoms with Gasteiger partial charge in [-0.2, -0.15) is 12.7 Å². The van der Waals surface area contributed by atoms with Crippen LogP contribution in [0.2, 0.25) is 0 Å². The molecule has 0 aromatic heterocycles. The summed E-state index contributed by atoms with van der Waals surface area (Å²) in [7, 11) is -1.40. The molecule has 0 bridgehead atoms. The fourth-order valence-electron chi connectivity index (χ4n) is 5.43. The predicted molar refractivity (Wildman–Crippen MR) is 167 cm³/mol. The molecule has 10 heteroatoms. The predicted octanol–water partition coefficient (Wildman–Crippen LogP) is 4.84. The van der Waals surface area contributed by atoms with E-state index in [0.717, 1.165) is 69.5 Å². The van der Waals surface area contributed by atoms with Gasteiger partial charge in [0.05, 0.1) is 5.69 Å². The smallest absolute Gasteiger partial charge is 0.304 e. The largest absolute Gasteiger partial charge is 0.352 e. The summed E-state index contributed by atoms with van der Waals surface area (Å²) in [6, 6.07) is 21.3. The third-order valence-corrected chi connectivity index (χ3v) is 9.61. The molecule has 0 saturated heterocycles. The molecule has 230 valence electrons. The topological polar surface area (TPSA) is 90.0 Å². The van der Waals surface area contributed by atoms with Crippen molar-refractivity contribution in [2.75, 3.05) is 24.9 Å². The summed E-state index contributed by atoms with van der Waals surface area (Å²) in [5.41, 5.74) is 2.84. The van der Waals surface area contributed by atoms with Gasteiger partial charge in [-0.05, 0) is 55.2 Å². The summed E-state index contributed by atoms with van der Waals surface area (Å²) in [4.78, 5) is 29.8. The first-order valence-corrected chi connectivity index (χ1v) is 16.1. The lowest BCUT2D eigenvalue weighted by Gasteiger charge is -2.35. The van der Waals surface area contributed by atoms with E-state index in [1.54, 1.807) is 0 Å². The molecule has 0 aliphatic heterocycles. The average Bonchev–Trinajstić information content (AvgIpc) is 2.99. The molecule has 0 radical (unpaired) electrons. The zero-order valence-corrected chi connectivity index (χ0v) is 25.9. The average molecular weight is 609 g/mol. The Labute approximate surface area is 254 Å². The number of benzene rings is 3. The van der Waals surface area contributed by atoms with Gasteiger partial charge in [0, 0.05) is 33.1 Å². The number of aryl methyl sites for hydroxylation is 1. The van der Waals surface area contributed by atoms with Crippen molar-refractivity contribution in [3.05, 3.63) is 101 Å². The Morgan fingerprint density at radius 2 is 1.56 bits per heavy atom. The number of nitrogens with zero attached hydrogens (tertiary/aromatic N) is 3. The number of amides is 2. The summed E-state index contributed by atoms with van der Waals surface area (Å²) in [5.74, 6) is -1.34. The molecule has 2 amide bonds. The van der Waals surface area contributed by atoms with E-state index in [1.807, 2.05) is 61.5 Å². The first kappa shape index (κ1) is 32.2. The van der Waals surface area contributed by atoms with E-state index in [2.05, 4.69) is 5.32 Å². The summed E-state index contributed by atoms with van der Waals surface area (Å²) >= 11 is 0. The van der Waals surface area contributed by atoms with Crippen molar-refractivity contribution in [1.29, 1.82) is 0 Å². The first-order valence-electron chi connectivity index (χ1n) is 14.7. The summed E-state index contributed by atoms with van der Waals surface area (Å²) in [6.07, 6.45) is 5.24. The molecule has 1 fully saturated rings. The van der Waals surface area contributed by atoms with Crippen molar-refractivity contribution in [1.82, 2.24) is 14.5 Å². The maximum atomic E-state index is 14.3. The van der Waals surface area contributed by atoms with Crippen LogP contribution < -0.4 is 9.62 Å². The van der Waals surface area contributed by atoms with Crippen molar-refractivity contribution in [2.24, 2.45) is 0 Å². The van der Waals surface area contributed by atoms with Gasteiger partial charge in [-0.1, -0.05) is 79.4 Å². The Morgan fingerprint density at radius 1 is 0.907 bits per heavy atom. The Bertz CT molecular complexity index is 1480. The Balaban J connectivity index is 1.75. The minimum absolute atomic E-state index is 0.0280. The van der Waals surface area contributed by atoms with Crippen LogP contribution in [0.15, 0.2) is 78.9 Å². The van der Waals surface area contributed by atoms with Crippen LogP contribution in [0.5, 0.6) is 0 Å². The van der Waals surface area contributed by atoms with Crippen molar-refractivity contribution in [2.45, 2.75) is 64.1 Å². The molecule has 3 aromatic carbocycles. The Morgan fingerprint density at radius 3 is 2.19 bits per heavy atom. The molecule has 1 aliphatic carbocycles. The van der Waals surface area contributed by atoms with Crippen LogP contribution in [-0.4, -0.2) is 62.2 Å². The molecule has 0 unspecified atom stereocenters. The third kappa shape index (κ3) is 8.64. The molecule has 1 N–H and O–H groups in total. The lowest BCUT2D eigenvalue weighted by Crippen LogP contribution is -2.55. The van der Waals surface area contributed by atoms with Gasteiger partial charge in [-0.25, -0.2) is 8.70 Å². The number of carbonyl (C=O) groups is 2. The molecule has 1 saturated carbocycles. The van der Waals surface area contributed by atoms with Crippen LogP contribution >= 0.6 is 0 Å². The number of rotatable bonds is 12. The summed E-state index contributed by atoms with van der Waals surface area (Å²) in [5, 5.41) is 3.20. The molecule has 1 atom stereocenters. The lowest BCUT2D eigenvalue weighted by molar-refractivity contribution is -0.140. The van der Waals surface area contributed by atoms with Gasteiger partial charge >= 0.3 is 10.2 Å². The van der Waals surface area contributed by atoms with Gasteiger partial charge in [0.25, 0.3) is 0 Å². The first-order chi connectivity index (χ1) is 20.5. The highest BCUT2D eigenvalue weighted by molar-refractivity contribution is 7.90. The van der Waals surface area contributed by atoms with Gasteiger partial charge in [0.15, 0.2) is 0 Å². The standard InChI is InChI=1S/C33H41FN4O4S/c1-25-11-10-14-27(21-25)23-37(32(39)24-38(43(41,42)36(2)3)30-19-17-28(34)18-20-30)31(22-26-12-6-4-7-13-26)33(40)35-29-15-8-5-9-16-29/h4,6-7,10-14,17-21,29,31H,5,8-9,15-16,22-24H2,1-3H3,(H,35,40)/t31-/m0/s1. The van der Waals surface area contributed by atoms with E-state index in [0.29, 0.717) is 0 Å². The van der Waals surface area contributed by atoms with Gasteiger partial charge < -0.3 is 10.2 Å². The lowest BCUT2D eigenvalue weighted by atomic mass is 9.94. The molecule has 3 aromatic rings. The molecule has 8 nitrogen and oxygen atoms in total. The van der Waals surface area contributed by atoms with Crippen LogP contribution in [0.1, 0.15) is 48.8 Å². The SMILES string of the molecule is Cc1cccc(CN(C(=O)CN(c2ccc(F)cc2)S(=O)(=O)N(C)C)[C@@H](Cc2ccccc2)C(=O)NC2CCCCC2)c1. The molecule has 0 heterocycles. The summed E-state index contributed by atoms with van der Waals surface area (Å²) in [6.45, 7) is 1.49. The molecular formula is C33H41FN4O4S. The second kappa shape index (κ2) is 14.6. The van der Waals surface area contributed by atoms with E-state index < -0.39 is 34.5 Å². The monoisotopic (exact) mass is 608 g/mol. The molecular weight excluding hydrogens is 567 g/mol. The number of hydrogen-bond donors (Lipinski definition) is 1. The maximum absolute atomic E-state index is 14.3. The van der Waals surface area contributed by atoms with Gasteiger partial charge in [-0.15, -0.1) is 0 Å². The molecule has 43 heavy (non-hydrogen) atoms. The number of halogens is 1. The number of nitrogens with one attached hydrogen (secondary N) is 1. The quantitative estimate of drug-likeness (QED) is 0.319. The molecule has 4 rings (SSSR count). The van der Waals surface area contributed by atoms with Crippen molar-refractivity contribution < 1.29 is 22.4 Å². The van der Waals surface area contributed by atoms with Gasteiger partial charge in [0.1, 0.15) is 18.4 Å². The van der Waals surface area contributed by atoms with Crippen LogP contribution in [0.25, 0.3) is 0 Å². The highest BCUT2D eigenvalue weighted by atomic mass is 32.2. The minimum Gasteiger partial charge on any atom is -0.352 e. The molecule has 1 aliphatic rings. The van der Waals surface area contributed by atoms with Crippen molar-refractivity contribution in [3.63, 3.8) is 0 Å². The normalized spacial score (nSPS) is 14.7. The van der Waals surface area contributed by atoms with Gasteiger partial charge in [-0.3, -0.25) is 9.59 Å². The van der Waals surface area contributed by atoms with Crippen LogP contribution in [0.4, 0.5) is 10.1 Å². The van der Waals surface area contributed by atoms with Crippen molar-refractivity contribution >= 4 is 27.7 Å². The highest BCUT2D eigenvalue weighted by Crippen LogP contribution is 2.23. The van der Waals surface area contributed by atoms with E-state index >= 15 is 0 Å². The molecule has 0 spiro atoms. The van der Waals surface area contributed by atoms with Gasteiger partial charge in [0.2, 0.25) is 11.8 Å². The summed E-state index contributed by atoms with van der Waals surface area (Å²) < 4.78 is 42.6. The fourth-order valence-corrected chi connectivity index (χ4v) is 6.49. The zero-order chi connectivity index (χ0) is 31.0. The number of carbonyl (C=O) groups excluding carboxylic acids is 2. The minimum atomic E-state index is -4.14. The second-order valence-electron chi connectivity index (χ2n) is 11.3. The third-order valence-electron chi connectivity index (χ3n) is 7.79. The van der Waals surface area contributed by atoms with Crippen LogP contribution in [0.3, 0.4) is 0 Å². The number of anilines is 1. The van der Waals surface area contributed by atoms with E-state index in [9.17, 15) is 22.4 Å². The zero-order valence-electron chi connectivity index (χ0n) is 25.1. The highest BCUT2D eigenvalue weighted by Gasteiger charge is 2.35. The Kier molecular flexibility index (Phi) is 10.9. The van der Waals surface area contributed by atoms with Crippen LogP contribution in [0, 0.1) is 12.7 Å². The van der Waals surface area contributed by atoms with E-state index in [4.69, 9.17) is 0 Å². The maximum Gasteiger partial charge on any atom is 0.304 e. The van der Waals surface area contributed by atoms with E-state index in [1.165, 1.54) is 31.1 Å². The fraction of sp³-hybridized carbons (Fsp3) is 0.394.